The van der Waals surface area contributed by atoms with Gasteiger partial charge in [-0.15, -0.1) is 0 Å². The second kappa shape index (κ2) is 15.4. The fourth-order valence-electron chi connectivity index (χ4n) is 3.65. The van der Waals surface area contributed by atoms with Crippen molar-refractivity contribution in [3.63, 3.8) is 0 Å². The van der Waals surface area contributed by atoms with Crippen molar-refractivity contribution < 1.29 is 38.8 Å². The number of carboxylic acids is 2. The van der Waals surface area contributed by atoms with E-state index in [-0.39, 0.29) is 12.0 Å². The monoisotopic (exact) mass is 516 g/mol. The van der Waals surface area contributed by atoms with Crippen LogP contribution in [0.25, 0.3) is 0 Å². The van der Waals surface area contributed by atoms with Crippen molar-refractivity contribution in [2.75, 3.05) is 18.5 Å². The minimum atomic E-state index is -1.82. The molecule has 10 heteroatoms. The summed E-state index contributed by atoms with van der Waals surface area (Å²) in [6.45, 7) is 7.33. The number of benzene rings is 2. The van der Waals surface area contributed by atoms with Gasteiger partial charge in [0.05, 0.1) is 12.2 Å². The number of hydrogen-bond donors (Lipinski definition) is 4. The first-order chi connectivity index (χ1) is 17.6. The Balaban J connectivity index is 0.000000717. The minimum absolute atomic E-state index is 0.0332. The van der Waals surface area contributed by atoms with Crippen molar-refractivity contribution in [2.45, 2.75) is 65.2 Å². The molecule has 10 nitrogen and oxygen atoms in total. The lowest BCUT2D eigenvalue weighted by atomic mass is 10.2. The predicted molar refractivity (Wildman–Crippen MR) is 138 cm³/mol. The van der Waals surface area contributed by atoms with Gasteiger partial charge in [-0.05, 0) is 69.4 Å². The summed E-state index contributed by atoms with van der Waals surface area (Å²) in [5.41, 5.74) is 1.87. The molecule has 1 fully saturated rings. The molecular formula is C27H36N2O8. The SMILES string of the molecule is CC(=O)Nc1ccc(OC(C)C)c(OCCNCc2cccc(OC3CCCC3)c2)c1.O=C(O)C(=O)O. The maximum atomic E-state index is 11.3. The van der Waals surface area contributed by atoms with E-state index in [9.17, 15) is 4.79 Å². The molecule has 1 aliphatic rings. The zero-order valence-corrected chi connectivity index (χ0v) is 21.5. The molecule has 37 heavy (non-hydrogen) atoms. The topological polar surface area (TPSA) is 143 Å². The van der Waals surface area contributed by atoms with Gasteiger partial charge in [0, 0.05) is 31.8 Å². The quantitative estimate of drug-likeness (QED) is 0.257. The van der Waals surface area contributed by atoms with Crippen LogP contribution in [0.3, 0.4) is 0 Å². The maximum Gasteiger partial charge on any atom is 0.414 e. The van der Waals surface area contributed by atoms with Crippen LogP contribution in [0.1, 0.15) is 52.0 Å². The Bertz CT molecular complexity index is 1020. The summed E-state index contributed by atoms with van der Waals surface area (Å²) in [4.78, 5) is 29.5. The number of amides is 1. The lowest BCUT2D eigenvalue weighted by Gasteiger charge is -2.17. The average molecular weight is 517 g/mol. The molecule has 1 saturated carbocycles. The van der Waals surface area contributed by atoms with E-state index in [1.807, 2.05) is 38.1 Å². The van der Waals surface area contributed by atoms with Crippen LogP contribution >= 0.6 is 0 Å². The Kier molecular flexibility index (Phi) is 12.2. The average Bonchev–Trinajstić information content (AvgIpc) is 3.33. The number of anilines is 1. The standard InChI is InChI=1S/C25H34N2O4.C2H2O4/c1-18(2)30-24-12-11-21(27-19(3)28)16-25(24)29-14-13-26-17-20-7-6-10-23(15-20)31-22-8-4-5-9-22;3-1(4)2(5)6/h6-7,10-12,15-16,18,22,26H,4-5,8-9,13-14,17H2,1-3H3,(H,27,28);(H,3,4)(H,5,6). The third-order valence-electron chi connectivity index (χ3n) is 5.18. The summed E-state index contributed by atoms with van der Waals surface area (Å²) in [5.74, 6) is -1.53. The van der Waals surface area contributed by atoms with E-state index >= 15 is 0 Å². The molecule has 0 saturated heterocycles. The predicted octanol–water partition coefficient (Wildman–Crippen LogP) is 4.08. The fraction of sp³-hybridized carbons (Fsp3) is 0.444. The summed E-state index contributed by atoms with van der Waals surface area (Å²) < 4.78 is 17.9. The van der Waals surface area contributed by atoms with Crippen LogP contribution in [0.15, 0.2) is 42.5 Å². The number of carbonyl (C=O) groups excluding carboxylic acids is 1. The molecule has 0 spiro atoms. The number of carbonyl (C=O) groups is 3. The molecule has 202 valence electrons. The molecule has 1 amide bonds. The van der Waals surface area contributed by atoms with Crippen LogP contribution in [-0.2, 0) is 20.9 Å². The van der Waals surface area contributed by atoms with E-state index in [1.165, 1.54) is 25.3 Å². The highest BCUT2D eigenvalue weighted by Crippen LogP contribution is 2.31. The number of aliphatic carboxylic acids is 2. The van der Waals surface area contributed by atoms with E-state index in [1.54, 1.807) is 6.07 Å². The van der Waals surface area contributed by atoms with Crippen molar-refractivity contribution in [1.29, 1.82) is 0 Å². The maximum absolute atomic E-state index is 11.3. The molecule has 4 N–H and O–H groups in total. The Morgan fingerprint density at radius 1 is 1.00 bits per heavy atom. The van der Waals surface area contributed by atoms with Gasteiger partial charge < -0.3 is 35.1 Å². The van der Waals surface area contributed by atoms with E-state index in [2.05, 4.69) is 22.8 Å². The lowest BCUT2D eigenvalue weighted by Crippen LogP contribution is -2.21. The normalized spacial score (nSPS) is 12.9. The molecule has 0 atom stereocenters. The van der Waals surface area contributed by atoms with Gasteiger partial charge in [0.1, 0.15) is 12.4 Å². The molecule has 1 aliphatic carbocycles. The first-order valence-corrected chi connectivity index (χ1v) is 12.3. The van der Waals surface area contributed by atoms with Crippen LogP contribution in [0.5, 0.6) is 17.2 Å². The highest BCUT2D eigenvalue weighted by atomic mass is 16.5. The second-order valence-corrected chi connectivity index (χ2v) is 8.82. The molecule has 0 bridgehead atoms. The van der Waals surface area contributed by atoms with E-state index in [0.29, 0.717) is 36.4 Å². The van der Waals surface area contributed by atoms with Gasteiger partial charge in [-0.3, -0.25) is 4.79 Å². The highest BCUT2D eigenvalue weighted by molar-refractivity contribution is 6.27. The van der Waals surface area contributed by atoms with Gasteiger partial charge in [0.15, 0.2) is 11.5 Å². The summed E-state index contributed by atoms with van der Waals surface area (Å²) in [6, 6.07) is 13.7. The van der Waals surface area contributed by atoms with Crippen molar-refractivity contribution in [2.24, 2.45) is 0 Å². The summed E-state index contributed by atoms with van der Waals surface area (Å²) in [7, 11) is 0. The molecule has 0 aromatic heterocycles. The Labute approximate surface area is 216 Å². The molecule has 3 rings (SSSR count). The Morgan fingerprint density at radius 3 is 2.32 bits per heavy atom. The molecule has 2 aromatic carbocycles. The fourth-order valence-corrected chi connectivity index (χ4v) is 3.65. The third-order valence-corrected chi connectivity index (χ3v) is 5.18. The van der Waals surface area contributed by atoms with Crippen LogP contribution in [0.2, 0.25) is 0 Å². The lowest BCUT2D eigenvalue weighted by molar-refractivity contribution is -0.159. The third kappa shape index (κ3) is 11.7. The Hall–Kier alpha value is -3.79. The van der Waals surface area contributed by atoms with Gasteiger partial charge in [0.2, 0.25) is 5.91 Å². The zero-order valence-electron chi connectivity index (χ0n) is 21.5. The van der Waals surface area contributed by atoms with Gasteiger partial charge in [-0.1, -0.05) is 12.1 Å². The van der Waals surface area contributed by atoms with Crippen molar-refractivity contribution in [1.82, 2.24) is 5.32 Å². The molecule has 0 heterocycles. The van der Waals surface area contributed by atoms with E-state index in [0.717, 1.165) is 25.1 Å². The molecular weight excluding hydrogens is 480 g/mol. The van der Waals surface area contributed by atoms with Crippen molar-refractivity contribution >= 4 is 23.5 Å². The van der Waals surface area contributed by atoms with E-state index < -0.39 is 11.9 Å². The minimum Gasteiger partial charge on any atom is -0.490 e. The molecule has 2 aromatic rings. The second-order valence-electron chi connectivity index (χ2n) is 8.82. The number of hydrogen-bond acceptors (Lipinski definition) is 7. The summed E-state index contributed by atoms with van der Waals surface area (Å²) in [6.07, 6.45) is 5.25. The largest absolute Gasteiger partial charge is 0.490 e. The highest BCUT2D eigenvalue weighted by Gasteiger charge is 2.16. The van der Waals surface area contributed by atoms with Gasteiger partial charge in [-0.2, -0.15) is 0 Å². The van der Waals surface area contributed by atoms with E-state index in [4.69, 9.17) is 34.0 Å². The smallest absolute Gasteiger partial charge is 0.414 e. The van der Waals surface area contributed by atoms with Gasteiger partial charge in [0.25, 0.3) is 0 Å². The Morgan fingerprint density at radius 2 is 1.70 bits per heavy atom. The van der Waals surface area contributed by atoms with Crippen molar-refractivity contribution in [3.05, 3.63) is 48.0 Å². The van der Waals surface area contributed by atoms with Gasteiger partial charge >= 0.3 is 11.9 Å². The number of rotatable bonds is 11. The van der Waals surface area contributed by atoms with Gasteiger partial charge in [-0.25, -0.2) is 9.59 Å². The van der Waals surface area contributed by atoms with Crippen LogP contribution in [-0.4, -0.2) is 53.4 Å². The van der Waals surface area contributed by atoms with Crippen LogP contribution in [0.4, 0.5) is 5.69 Å². The first kappa shape index (κ1) is 29.4. The molecule has 0 radical (unpaired) electrons. The molecule has 0 aliphatic heterocycles. The molecule has 0 unspecified atom stereocenters. The summed E-state index contributed by atoms with van der Waals surface area (Å²) >= 11 is 0. The van der Waals surface area contributed by atoms with Crippen molar-refractivity contribution in [3.8, 4) is 17.2 Å². The number of nitrogens with one attached hydrogen (secondary N) is 2. The first-order valence-electron chi connectivity index (χ1n) is 12.3. The van der Waals surface area contributed by atoms with Crippen LogP contribution in [0, 0.1) is 0 Å². The summed E-state index contributed by atoms with van der Waals surface area (Å²) in [5, 5.41) is 21.0. The van der Waals surface area contributed by atoms with Crippen LogP contribution < -0.4 is 24.8 Å². The zero-order chi connectivity index (χ0) is 27.2. The number of ether oxygens (including phenoxy) is 3. The number of carboxylic acid groups (broad SMARTS) is 2.